The van der Waals surface area contributed by atoms with Gasteiger partial charge in [-0.15, -0.1) is 0 Å². The summed E-state index contributed by atoms with van der Waals surface area (Å²) in [5.41, 5.74) is 1.36. The Morgan fingerprint density at radius 2 is 2.04 bits per heavy atom. The molecule has 1 aliphatic rings. The highest BCUT2D eigenvalue weighted by Gasteiger charge is 2.27. The molecule has 1 aliphatic heterocycles. The topological polar surface area (TPSA) is 88.1 Å². The fraction of sp³-hybridized carbons (Fsp3) is 0.421. The average Bonchev–Trinajstić information content (AvgIpc) is 3.06. The molecule has 0 radical (unpaired) electrons. The van der Waals surface area contributed by atoms with Crippen molar-refractivity contribution in [2.45, 2.75) is 45.2 Å². The molecule has 1 N–H and O–H groups in total. The standard InChI is InChI=1S/C19H23N5O2/c1-13(2)18-21-10-7-16(23-18)19(26)24(11-14-5-8-20-9-6-14)12-15-3-4-17(25)22-15/h5-10,13,15H,3-4,11-12H2,1-2H3,(H,22,25)/t15-/m0/s1. The fourth-order valence-corrected chi connectivity index (χ4v) is 2.94. The Hall–Kier alpha value is -2.83. The van der Waals surface area contributed by atoms with Gasteiger partial charge < -0.3 is 10.2 Å². The van der Waals surface area contributed by atoms with Crippen LogP contribution in [0.5, 0.6) is 0 Å². The molecule has 26 heavy (non-hydrogen) atoms. The second-order valence-corrected chi connectivity index (χ2v) is 6.80. The van der Waals surface area contributed by atoms with Crippen molar-refractivity contribution in [3.63, 3.8) is 0 Å². The summed E-state index contributed by atoms with van der Waals surface area (Å²) in [6.45, 7) is 4.88. The van der Waals surface area contributed by atoms with Crippen LogP contribution in [-0.4, -0.2) is 44.3 Å². The molecule has 136 valence electrons. The Labute approximate surface area is 152 Å². The number of carbonyl (C=O) groups excluding carboxylic acids is 2. The van der Waals surface area contributed by atoms with Gasteiger partial charge in [-0.3, -0.25) is 14.6 Å². The summed E-state index contributed by atoms with van der Waals surface area (Å²) < 4.78 is 0. The molecular formula is C19H23N5O2. The Bertz CT molecular complexity index is 779. The highest BCUT2D eigenvalue weighted by molar-refractivity contribution is 5.92. The summed E-state index contributed by atoms with van der Waals surface area (Å²) in [7, 11) is 0. The van der Waals surface area contributed by atoms with E-state index in [1.807, 2.05) is 26.0 Å². The van der Waals surface area contributed by atoms with Gasteiger partial charge in [-0.25, -0.2) is 9.97 Å². The number of nitrogens with one attached hydrogen (secondary N) is 1. The van der Waals surface area contributed by atoms with E-state index >= 15 is 0 Å². The zero-order valence-electron chi connectivity index (χ0n) is 15.1. The van der Waals surface area contributed by atoms with E-state index in [9.17, 15) is 9.59 Å². The minimum absolute atomic E-state index is 0.0281. The third-order valence-corrected chi connectivity index (χ3v) is 4.35. The Balaban J connectivity index is 1.82. The lowest BCUT2D eigenvalue weighted by atomic mass is 10.1. The van der Waals surface area contributed by atoms with Crippen molar-refractivity contribution < 1.29 is 9.59 Å². The van der Waals surface area contributed by atoms with Crippen LogP contribution in [0.15, 0.2) is 36.8 Å². The van der Waals surface area contributed by atoms with Crippen molar-refractivity contribution >= 4 is 11.8 Å². The molecular weight excluding hydrogens is 330 g/mol. The largest absolute Gasteiger partial charge is 0.352 e. The molecule has 1 atom stereocenters. The fourth-order valence-electron chi connectivity index (χ4n) is 2.94. The van der Waals surface area contributed by atoms with E-state index in [0.29, 0.717) is 31.0 Å². The normalized spacial score (nSPS) is 16.6. The molecule has 0 spiro atoms. The van der Waals surface area contributed by atoms with E-state index in [1.54, 1.807) is 29.6 Å². The third-order valence-electron chi connectivity index (χ3n) is 4.35. The molecule has 2 aromatic rings. The summed E-state index contributed by atoms with van der Waals surface area (Å²) in [5, 5.41) is 2.93. The lowest BCUT2D eigenvalue weighted by Crippen LogP contribution is -2.42. The number of hydrogen-bond donors (Lipinski definition) is 1. The molecule has 1 saturated heterocycles. The molecule has 0 saturated carbocycles. The van der Waals surface area contributed by atoms with Crippen LogP contribution in [0, 0.1) is 0 Å². The predicted octanol–water partition coefficient (Wildman–Crippen LogP) is 1.92. The van der Waals surface area contributed by atoms with E-state index in [1.165, 1.54) is 0 Å². The van der Waals surface area contributed by atoms with Crippen LogP contribution >= 0.6 is 0 Å². The van der Waals surface area contributed by atoms with Crippen LogP contribution in [0.4, 0.5) is 0 Å². The lowest BCUT2D eigenvalue weighted by Gasteiger charge is -2.25. The summed E-state index contributed by atoms with van der Waals surface area (Å²) in [4.78, 5) is 39.0. The smallest absolute Gasteiger partial charge is 0.272 e. The number of rotatable bonds is 6. The monoisotopic (exact) mass is 353 g/mol. The van der Waals surface area contributed by atoms with Gasteiger partial charge in [-0.2, -0.15) is 0 Å². The average molecular weight is 353 g/mol. The molecule has 0 unspecified atom stereocenters. The molecule has 0 aliphatic carbocycles. The van der Waals surface area contributed by atoms with Crippen LogP contribution in [0.3, 0.4) is 0 Å². The quantitative estimate of drug-likeness (QED) is 0.857. The first-order valence-corrected chi connectivity index (χ1v) is 8.83. The highest BCUT2D eigenvalue weighted by atomic mass is 16.2. The SMILES string of the molecule is CC(C)c1nccc(C(=O)N(Cc2ccncc2)C[C@@H]2CCC(=O)N2)n1. The minimum atomic E-state index is -0.160. The van der Waals surface area contributed by atoms with E-state index in [4.69, 9.17) is 0 Å². The maximum Gasteiger partial charge on any atom is 0.272 e. The molecule has 2 aromatic heterocycles. The van der Waals surface area contributed by atoms with Crippen LogP contribution < -0.4 is 5.32 Å². The maximum absolute atomic E-state index is 13.1. The highest BCUT2D eigenvalue weighted by Crippen LogP contribution is 2.15. The molecule has 3 rings (SSSR count). The van der Waals surface area contributed by atoms with Gasteiger partial charge >= 0.3 is 0 Å². The lowest BCUT2D eigenvalue weighted by molar-refractivity contribution is -0.119. The first kappa shape index (κ1) is 18.0. The van der Waals surface area contributed by atoms with E-state index in [0.717, 1.165) is 12.0 Å². The third kappa shape index (κ3) is 4.41. The summed E-state index contributed by atoms with van der Waals surface area (Å²) >= 11 is 0. The Morgan fingerprint density at radius 1 is 1.27 bits per heavy atom. The van der Waals surface area contributed by atoms with Gasteiger partial charge in [0.1, 0.15) is 11.5 Å². The summed E-state index contributed by atoms with van der Waals surface area (Å²) in [6, 6.07) is 5.38. The Morgan fingerprint density at radius 3 is 2.69 bits per heavy atom. The molecule has 7 nitrogen and oxygen atoms in total. The van der Waals surface area contributed by atoms with Gasteiger partial charge in [0.05, 0.1) is 0 Å². The van der Waals surface area contributed by atoms with Crippen LogP contribution in [0.1, 0.15) is 54.5 Å². The minimum Gasteiger partial charge on any atom is -0.352 e. The second-order valence-electron chi connectivity index (χ2n) is 6.80. The number of nitrogens with zero attached hydrogens (tertiary/aromatic N) is 4. The first-order valence-electron chi connectivity index (χ1n) is 8.83. The molecule has 0 bridgehead atoms. The zero-order chi connectivity index (χ0) is 18.5. The van der Waals surface area contributed by atoms with Gasteiger partial charge in [-0.1, -0.05) is 13.8 Å². The predicted molar refractivity (Wildman–Crippen MR) is 96.3 cm³/mol. The molecule has 7 heteroatoms. The number of amides is 2. The van der Waals surface area contributed by atoms with Crippen molar-refractivity contribution in [1.29, 1.82) is 0 Å². The van der Waals surface area contributed by atoms with Crippen LogP contribution in [-0.2, 0) is 11.3 Å². The molecule has 2 amide bonds. The van der Waals surface area contributed by atoms with E-state index in [2.05, 4.69) is 20.3 Å². The first-order chi connectivity index (χ1) is 12.5. The van der Waals surface area contributed by atoms with Gasteiger partial charge in [0.25, 0.3) is 5.91 Å². The van der Waals surface area contributed by atoms with E-state index in [-0.39, 0.29) is 23.8 Å². The molecule has 3 heterocycles. The number of aromatic nitrogens is 3. The van der Waals surface area contributed by atoms with Gasteiger partial charge in [0.2, 0.25) is 5.91 Å². The Kier molecular flexibility index (Phi) is 5.55. The van der Waals surface area contributed by atoms with Crippen molar-refractivity contribution in [1.82, 2.24) is 25.2 Å². The number of carbonyl (C=O) groups is 2. The maximum atomic E-state index is 13.1. The zero-order valence-corrected chi connectivity index (χ0v) is 15.1. The number of pyridine rings is 1. The van der Waals surface area contributed by atoms with Crippen molar-refractivity contribution in [3.05, 3.63) is 53.9 Å². The van der Waals surface area contributed by atoms with Crippen LogP contribution in [0.2, 0.25) is 0 Å². The van der Waals surface area contributed by atoms with E-state index < -0.39 is 0 Å². The van der Waals surface area contributed by atoms with Gasteiger partial charge in [0, 0.05) is 50.1 Å². The van der Waals surface area contributed by atoms with Crippen LogP contribution in [0.25, 0.3) is 0 Å². The van der Waals surface area contributed by atoms with Gasteiger partial charge in [0.15, 0.2) is 0 Å². The van der Waals surface area contributed by atoms with Crippen molar-refractivity contribution in [3.8, 4) is 0 Å². The van der Waals surface area contributed by atoms with Crippen molar-refractivity contribution in [2.75, 3.05) is 6.54 Å². The number of hydrogen-bond acceptors (Lipinski definition) is 5. The van der Waals surface area contributed by atoms with Gasteiger partial charge in [-0.05, 0) is 30.2 Å². The molecule has 1 fully saturated rings. The summed E-state index contributed by atoms with van der Waals surface area (Å²) in [6.07, 6.45) is 6.28. The molecule has 0 aromatic carbocycles. The summed E-state index contributed by atoms with van der Waals surface area (Å²) in [5.74, 6) is 0.669. The van der Waals surface area contributed by atoms with Crippen molar-refractivity contribution in [2.24, 2.45) is 0 Å². The second kappa shape index (κ2) is 8.03.